The summed E-state index contributed by atoms with van der Waals surface area (Å²) in [5.74, 6) is -1.07. The van der Waals surface area contributed by atoms with Gasteiger partial charge in [0, 0.05) is 0 Å². The molecule has 1 fully saturated rings. The van der Waals surface area contributed by atoms with Crippen LogP contribution < -0.4 is 0 Å². The monoisotopic (exact) mass is 290 g/mol. The third kappa shape index (κ3) is 4.48. The van der Waals surface area contributed by atoms with Gasteiger partial charge in [-0.25, -0.2) is 8.42 Å². The van der Waals surface area contributed by atoms with Gasteiger partial charge in [-0.05, 0) is 50.9 Å². The van der Waals surface area contributed by atoms with Gasteiger partial charge in [0.25, 0.3) is 0 Å². The summed E-state index contributed by atoms with van der Waals surface area (Å²) in [4.78, 5) is 11.3. The van der Waals surface area contributed by atoms with Crippen LogP contribution in [0.4, 0.5) is 0 Å². The Balaban J connectivity index is 2.74. The van der Waals surface area contributed by atoms with Crippen LogP contribution in [-0.4, -0.2) is 30.5 Å². The van der Waals surface area contributed by atoms with Crippen molar-refractivity contribution in [1.82, 2.24) is 0 Å². The van der Waals surface area contributed by atoms with E-state index in [4.69, 9.17) is 0 Å². The second-order valence-electron chi connectivity index (χ2n) is 6.82. The fraction of sp³-hybridized carbons (Fsp3) is 0.929. The van der Waals surface area contributed by atoms with Crippen LogP contribution in [0.5, 0.6) is 0 Å². The standard InChI is InChI=1S/C14H26O4S/c1-10(2)19(17,18)8-6-11-9-14(3,4)7-5-12(11)13(15)16/h10-12H,5-9H2,1-4H3,(H,15,16). The second kappa shape index (κ2) is 5.81. The van der Waals surface area contributed by atoms with Crippen LogP contribution in [-0.2, 0) is 14.6 Å². The molecule has 1 aliphatic carbocycles. The average molecular weight is 290 g/mol. The zero-order valence-corrected chi connectivity index (χ0v) is 13.2. The molecule has 0 bridgehead atoms. The van der Waals surface area contributed by atoms with E-state index in [0.29, 0.717) is 12.8 Å². The Hall–Kier alpha value is -0.580. The Labute approximate surface area is 116 Å². The zero-order chi connectivity index (χ0) is 14.8. The third-order valence-electron chi connectivity index (χ3n) is 4.32. The summed E-state index contributed by atoms with van der Waals surface area (Å²) in [5, 5.41) is 8.89. The van der Waals surface area contributed by atoms with E-state index in [1.165, 1.54) is 0 Å². The Bertz CT molecular complexity index is 423. The normalized spacial score (nSPS) is 27.4. The number of aliphatic carboxylic acids is 1. The summed E-state index contributed by atoms with van der Waals surface area (Å²) >= 11 is 0. The van der Waals surface area contributed by atoms with Crippen LogP contribution in [0.25, 0.3) is 0 Å². The molecule has 4 nitrogen and oxygen atoms in total. The molecule has 1 aliphatic rings. The molecule has 2 unspecified atom stereocenters. The summed E-state index contributed by atoms with van der Waals surface area (Å²) in [5.41, 5.74) is 0.123. The Kier molecular flexibility index (Phi) is 5.04. The van der Waals surface area contributed by atoms with Gasteiger partial charge in [0.1, 0.15) is 0 Å². The highest BCUT2D eigenvalue weighted by molar-refractivity contribution is 7.91. The van der Waals surface area contributed by atoms with Gasteiger partial charge in [-0.1, -0.05) is 13.8 Å². The summed E-state index contributed by atoms with van der Waals surface area (Å²) in [6.07, 6.45) is 2.84. The number of sulfone groups is 1. The molecule has 0 spiro atoms. The van der Waals surface area contributed by atoms with Crippen molar-refractivity contribution in [2.45, 2.75) is 58.6 Å². The molecule has 112 valence electrons. The van der Waals surface area contributed by atoms with Crippen LogP contribution in [0.2, 0.25) is 0 Å². The van der Waals surface area contributed by atoms with Crippen molar-refractivity contribution in [3.63, 3.8) is 0 Å². The SMILES string of the molecule is CC(C)S(=O)(=O)CCC1CC(C)(C)CCC1C(=O)O. The first-order valence-corrected chi connectivity index (χ1v) is 8.71. The topological polar surface area (TPSA) is 71.4 Å². The van der Waals surface area contributed by atoms with Crippen molar-refractivity contribution in [3.05, 3.63) is 0 Å². The molecule has 0 aromatic carbocycles. The molecule has 0 radical (unpaired) electrons. The van der Waals surface area contributed by atoms with E-state index >= 15 is 0 Å². The first-order valence-electron chi connectivity index (χ1n) is 6.99. The van der Waals surface area contributed by atoms with Crippen LogP contribution in [0.15, 0.2) is 0 Å². The Morgan fingerprint density at radius 3 is 2.42 bits per heavy atom. The lowest BCUT2D eigenvalue weighted by Crippen LogP contribution is -2.35. The van der Waals surface area contributed by atoms with Gasteiger partial charge >= 0.3 is 5.97 Å². The number of hydrogen-bond acceptors (Lipinski definition) is 3. The zero-order valence-electron chi connectivity index (χ0n) is 12.3. The average Bonchev–Trinajstić information content (AvgIpc) is 2.24. The molecule has 0 aromatic heterocycles. The van der Waals surface area contributed by atoms with Crippen molar-refractivity contribution in [3.8, 4) is 0 Å². The number of rotatable bonds is 5. The fourth-order valence-electron chi connectivity index (χ4n) is 2.92. The number of carbonyl (C=O) groups is 1. The van der Waals surface area contributed by atoms with E-state index in [0.717, 1.165) is 12.8 Å². The predicted molar refractivity (Wildman–Crippen MR) is 75.8 cm³/mol. The van der Waals surface area contributed by atoms with E-state index in [1.54, 1.807) is 13.8 Å². The highest BCUT2D eigenvalue weighted by Gasteiger charge is 2.38. The van der Waals surface area contributed by atoms with E-state index in [-0.39, 0.29) is 28.3 Å². The molecule has 1 N–H and O–H groups in total. The third-order valence-corrected chi connectivity index (χ3v) is 6.57. The number of hydrogen-bond donors (Lipinski definition) is 1. The van der Waals surface area contributed by atoms with Gasteiger partial charge in [0.15, 0.2) is 9.84 Å². The lowest BCUT2D eigenvalue weighted by molar-refractivity contribution is -0.146. The highest BCUT2D eigenvalue weighted by Crippen LogP contribution is 2.43. The molecule has 19 heavy (non-hydrogen) atoms. The maximum Gasteiger partial charge on any atom is 0.306 e. The number of carboxylic acids is 1. The maximum absolute atomic E-state index is 11.9. The van der Waals surface area contributed by atoms with Crippen molar-refractivity contribution in [2.24, 2.45) is 17.3 Å². The van der Waals surface area contributed by atoms with Crippen molar-refractivity contribution < 1.29 is 18.3 Å². The van der Waals surface area contributed by atoms with E-state index in [9.17, 15) is 18.3 Å². The van der Waals surface area contributed by atoms with Crippen LogP contribution >= 0.6 is 0 Å². The second-order valence-corrected chi connectivity index (χ2v) is 9.49. The van der Waals surface area contributed by atoms with Gasteiger partial charge in [0.2, 0.25) is 0 Å². The molecule has 0 heterocycles. The number of carboxylic acid groups (broad SMARTS) is 1. The molecule has 5 heteroatoms. The predicted octanol–water partition coefficient (Wildman–Crippen LogP) is 2.73. The summed E-state index contributed by atoms with van der Waals surface area (Å²) in [6.45, 7) is 7.62. The Morgan fingerprint density at radius 2 is 1.95 bits per heavy atom. The molecular weight excluding hydrogens is 264 g/mol. The van der Waals surface area contributed by atoms with Crippen molar-refractivity contribution >= 4 is 15.8 Å². The minimum Gasteiger partial charge on any atom is -0.481 e. The molecule has 1 saturated carbocycles. The van der Waals surface area contributed by atoms with Crippen LogP contribution in [0, 0.1) is 17.3 Å². The molecule has 0 aliphatic heterocycles. The Morgan fingerprint density at radius 1 is 1.37 bits per heavy atom. The van der Waals surface area contributed by atoms with Crippen molar-refractivity contribution in [2.75, 3.05) is 5.75 Å². The smallest absolute Gasteiger partial charge is 0.306 e. The highest BCUT2D eigenvalue weighted by atomic mass is 32.2. The largest absolute Gasteiger partial charge is 0.481 e. The first kappa shape index (κ1) is 16.5. The quantitative estimate of drug-likeness (QED) is 0.845. The van der Waals surface area contributed by atoms with Crippen molar-refractivity contribution in [1.29, 1.82) is 0 Å². The lowest BCUT2D eigenvalue weighted by atomic mass is 9.66. The molecule has 2 atom stereocenters. The molecular formula is C14H26O4S. The molecule has 0 saturated heterocycles. The van der Waals surface area contributed by atoms with Gasteiger partial charge in [-0.2, -0.15) is 0 Å². The van der Waals surface area contributed by atoms with Gasteiger partial charge in [-0.15, -0.1) is 0 Å². The van der Waals surface area contributed by atoms with Gasteiger partial charge in [-0.3, -0.25) is 4.79 Å². The molecule has 1 rings (SSSR count). The first-order chi connectivity index (χ1) is 8.55. The molecule has 0 aromatic rings. The molecule has 0 amide bonds. The minimum absolute atomic E-state index is 0.0187. The van der Waals surface area contributed by atoms with E-state index < -0.39 is 15.8 Å². The maximum atomic E-state index is 11.9. The van der Waals surface area contributed by atoms with Gasteiger partial charge < -0.3 is 5.11 Å². The summed E-state index contributed by atoms with van der Waals surface area (Å²) in [6, 6.07) is 0. The van der Waals surface area contributed by atoms with Gasteiger partial charge in [0.05, 0.1) is 16.9 Å². The van der Waals surface area contributed by atoms with Crippen LogP contribution in [0.3, 0.4) is 0 Å². The summed E-state index contributed by atoms with van der Waals surface area (Å²) < 4.78 is 23.7. The summed E-state index contributed by atoms with van der Waals surface area (Å²) in [7, 11) is -3.08. The van der Waals surface area contributed by atoms with E-state index in [1.807, 2.05) is 0 Å². The van der Waals surface area contributed by atoms with E-state index in [2.05, 4.69) is 13.8 Å². The minimum atomic E-state index is -3.08. The fourth-order valence-corrected chi connectivity index (χ4v) is 4.02. The van der Waals surface area contributed by atoms with Crippen LogP contribution in [0.1, 0.15) is 53.4 Å². The lowest BCUT2D eigenvalue weighted by Gasteiger charge is -2.39.